The maximum Gasteiger partial charge on any atom is 0.308 e. The van der Waals surface area contributed by atoms with Crippen molar-refractivity contribution >= 4 is 12.3 Å². The molecule has 13 heavy (non-hydrogen) atoms. The zero-order valence-corrected chi connectivity index (χ0v) is 7.24. The molecular weight excluding hydrogens is 168 g/mol. The van der Waals surface area contributed by atoms with Gasteiger partial charge in [0.15, 0.2) is 0 Å². The van der Waals surface area contributed by atoms with Crippen molar-refractivity contribution in [2.45, 2.75) is 13.3 Å². The summed E-state index contributed by atoms with van der Waals surface area (Å²) < 4.78 is 4.81. The Morgan fingerprint density at radius 2 is 2.00 bits per heavy atom. The van der Waals surface area contributed by atoms with E-state index in [2.05, 4.69) is 0 Å². The molecule has 1 rings (SSSR count). The van der Waals surface area contributed by atoms with Crippen LogP contribution >= 0.6 is 0 Å². The van der Waals surface area contributed by atoms with Crippen molar-refractivity contribution in [3.05, 3.63) is 29.8 Å². The molecule has 0 N–H and O–H groups in total. The Hall–Kier alpha value is -1.64. The van der Waals surface area contributed by atoms with Gasteiger partial charge >= 0.3 is 5.97 Å². The van der Waals surface area contributed by atoms with Gasteiger partial charge in [-0.2, -0.15) is 0 Å². The Labute approximate surface area is 76.3 Å². The molecule has 3 heteroatoms. The second-order valence-corrected chi connectivity index (χ2v) is 2.56. The molecular formula is C10H9O3. The molecule has 0 aliphatic heterocycles. The second kappa shape index (κ2) is 4.40. The fourth-order valence-electron chi connectivity index (χ4n) is 0.925. The Bertz CT molecular complexity index is 300. The molecule has 1 aromatic carbocycles. The quantitative estimate of drug-likeness (QED) is 0.515. The van der Waals surface area contributed by atoms with E-state index in [9.17, 15) is 9.59 Å². The number of rotatable bonds is 3. The van der Waals surface area contributed by atoms with Gasteiger partial charge in [-0.05, 0) is 17.7 Å². The molecule has 0 saturated carbocycles. The fraction of sp³-hybridized carbons (Fsp3) is 0.200. The van der Waals surface area contributed by atoms with Crippen LogP contribution in [0.1, 0.15) is 12.5 Å². The van der Waals surface area contributed by atoms with Crippen LogP contribution in [0.5, 0.6) is 5.75 Å². The Balaban J connectivity index is 2.69. The minimum atomic E-state index is -0.352. The summed E-state index contributed by atoms with van der Waals surface area (Å²) in [6.07, 6.45) is 2.05. The van der Waals surface area contributed by atoms with E-state index in [-0.39, 0.29) is 12.4 Å². The van der Waals surface area contributed by atoms with Crippen molar-refractivity contribution in [3.63, 3.8) is 0 Å². The maximum atomic E-state index is 10.5. The largest absolute Gasteiger partial charge is 0.427 e. The van der Waals surface area contributed by atoms with Crippen LogP contribution < -0.4 is 4.74 Å². The first-order valence-electron chi connectivity index (χ1n) is 3.84. The zero-order chi connectivity index (χ0) is 9.68. The van der Waals surface area contributed by atoms with Gasteiger partial charge < -0.3 is 4.74 Å². The molecule has 0 saturated heterocycles. The number of carbonyl (C=O) groups excluding carboxylic acids is 2. The first kappa shape index (κ1) is 9.45. The summed E-state index contributed by atoms with van der Waals surface area (Å²) in [7, 11) is 0. The zero-order valence-electron chi connectivity index (χ0n) is 7.24. The second-order valence-electron chi connectivity index (χ2n) is 2.56. The summed E-state index contributed by atoms with van der Waals surface area (Å²) in [6.45, 7) is 1.34. The highest BCUT2D eigenvalue weighted by atomic mass is 16.5. The Morgan fingerprint density at radius 3 is 2.46 bits per heavy atom. The highest BCUT2D eigenvalue weighted by Gasteiger charge is 1.97. The van der Waals surface area contributed by atoms with Gasteiger partial charge in [0.05, 0.1) is 0 Å². The highest BCUT2D eigenvalue weighted by molar-refractivity contribution is 5.69. The lowest BCUT2D eigenvalue weighted by molar-refractivity contribution is -0.131. The monoisotopic (exact) mass is 177 g/mol. The summed E-state index contributed by atoms with van der Waals surface area (Å²) in [4.78, 5) is 20.6. The third-order valence-electron chi connectivity index (χ3n) is 1.46. The molecule has 67 valence electrons. The van der Waals surface area contributed by atoms with Crippen LogP contribution in [-0.2, 0) is 16.0 Å². The smallest absolute Gasteiger partial charge is 0.308 e. The molecule has 0 spiro atoms. The summed E-state index contributed by atoms with van der Waals surface area (Å²) >= 11 is 0. The fourth-order valence-corrected chi connectivity index (χ4v) is 0.925. The first-order valence-corrected chi connectivity index (χ1v) is 3.84. The number of hydrogen-bond donors (Lipinski definition) is 0. The molecule has 0 aliphatic rings. The SMILES string of the molecule is CC(=O)Oc1ccc(C[C]=O)cc1. The third-order valence-corrected chi connectivity index (χ3v) is 1.46. The van der Waals surface area contributed by atoms with Gasteiger partial charge in [-0.1, -0.05) is 12.1 Å². The van der Waals surface area contributed by atoms with Gasteiger partial charge in [0.25, 0.3) is 0 Å². The van der Waals surface area contributed by atoms with Crippen LogP contribution in [-0.4, -0.2) is 12.3 Å². The van der Waals surface area contributed by atoms with Crippen LogP contribution in [0.15, 0.2) is 24.3 Å². The topological polar surface area (TPSA) is 43.4 Å². The van der Waals surface area contributed by atoms with Crippen molar-refractivity contribution in [3.8, 4) is 5.75 Å². The van der Waals surface area contributed by atoms with Crippen molar-refractivity contribution in [1.29, 1.82) is 0 Å². The van der Waals surface area contributed by atoms with E-state index < -0.39 is 0 Å². The summed E-state index contributed by atoms with van der Waals surface area (Å²) in [6, 6.07) is 6.74. The Morgan fingerprint density at radius 1 is 1.38 bits per heavy atom. The molecule has 1 radical (unpaired) electrons. The molecule has 3 nitrogen and oxygen atoms in total. The molecule has 0 heterocycles. The lowest BCUT2D eigenvalue weighted by atomic mass is 10.2. The van der Waals surface area contributed by atoms with Crippen molar-refractivity contribution in [2.75, 3.05) is 0 Å². The number of benzene rings is 1. The lowest BCUT2D eigenvalue weighted by Crippen LogP contribution is -2.01. The first-order chi connectivity index (χ1) is 6.22. The van der Waals surface area contributed by atoms with E-state index in [4.69, 9.17) is 4.74 Å². The van der Waals surface area contributed by atoms with Crippen molar-refractivity contribution < 1.29 is 14.3 Å². The van der Waals surface area contributed by atoms with Crippen LogP contribution in [0.3, 0.4) is 0 Å². The minimum Gasteiger partial charge on any atom is -0.427 e. The highest BCUT2D eigenvalue weighted by Crippen LogP contribution is 2.12. The molecule has 0 atom stereocenters. The molecule has 0 unspecified atom stereocenters. The molecule has 0 amide bonds. The third kappa shape index (κ3) is 3.07. The van der Waals surface area contributed by atoms with Crippen molar-refractivity contribution in [2.24, 2.45) is 0 Å². The standard InChI is InChI=1S/C10H9O3/c1-8(12)13-10-4-2-9(3-5-10)6-7-11/h2-5H,6H2,1H3. The van der Waals surface area contributed by atoms with Crippen LogP contribution in [0.2, 0.25) is 0 Å². The number of carbonyl (C=O) groups is 1. The molecule has 1 aromatic rings. The predicted molar refractivity (Wildman–Crippen MR) is 47.1 cm³/mol. The lowest BCUT2D eigenvalue weighted by Gasteiger charge is -2.00. The number of hydrogen-bond acceptors (Lipinski definition) is 3. The van der Waals surface area contributed by atoms with Crippen molar-refractivity contribution in [1.82, 2.24) is 0 Å². The summed E-state index contributed by atoms with van der Waals surface area (Å²) in [5.41, 5.74) is 0.853. The Kier molecular flexibility index (Phi) is 3.20. The van der Waals surface area contributed by atoms with Crippen LogP contribution in [0.4, 0.5) is 0 Å². The molecule has 0 bridgehead atoms. The average Bonchev–Trinajstić information content (AvgIpc) is 2.08. The number of ether oxygens (including phenoxy) is 1. The van der Waals surface area contributed by atoms with E-state index in [1.807, 2.05) is 0 Å². The molecule has 0 aliphatic carbocycles. The van der Waals surface area contributed by atoms with E-state index in [0.717, 1.165) is 5.56 Å². The van der Waals surface area contributed by atoms with Gasteiger partial charge in [0.2, 0.25) is 6.29 Å². The van der Waals surface area contributed by atoms with Gasteiger partial charge in [-0.3, -0.25) is 9.59 Å². The van der Waals surface area contributed by atoms with Crippen LogP contribution in [0, 0.1) is 0 Å². The van der Waals surface area contributed by atoms with E-state index in [1.165, 1.54) is 6.92 Å². The molecule has 0 fully saturated rings. The normalized spacial score (nSPS) is 9.31. The number of esters is 1. The maximum absolute atomic E-state index is 10.5. The van der Waals surface area contributed by atoms with E-state index in [1.54, 1.807) is 30.6 Å². The van der Waals surface area contributed by atoms with Crippen LogP contribution in [0.25, 0.3) is 0 Å². The molecule has 0 aromatic heterocycles. The van der Waals surface area contributed by atoms with E-state index >= 15 is 0 Å². The van der Waals surface area contributed by atoms with Gasteiger partial charge in [0, 0.05) is 13.3 Å². The van der Waals surface area contributed by atoms with Gasteiger partial charge in [0.1, 0.15) is 5.75 Å². The van der Waals surface area contributed by atoms with E-state index in [0.29, 0.717) is 5.75 Å². The van der Waals surface area contributed by atoms with Gasteiger partial charge in [-0.15, -0.1) is 0 Å². The summed E-state index contributed by atoms with van der Waals surface area (Å²) in [5.74, 6) is 0.136. The average molecular weight is 177 g/mol. The summed E-state index contributed by atoms with van der Waals surface area (Å²) in [5, 5.41) is 0. The van der Waals surface area contributed by atoms with Gasteiger partial charge in [-0.25, -0.2) is 0 Å². The minimum absolute atomic E-state index is 0.264. The predicted octanol–water partition coefficient (Wildman–Crippen LogP) is 1.26.